The Morgan fingerprint density at radius 3 is 2.60 bits per heavy atom. The lowest BCUT2D eigenvalue weighted by Crippen LogP contribution is -2.32. The minimum Gasteiger partial charge on any atom is -0.493 e. The van der Waals surface area contributed by atoms with Crippen LogP contribution in [0, 0.1) is 0 Å². The fraction of sp³-hybridized carbons (Fsp3) is 0.412. The van der Waals surface area contributed by atoms with Crippen LogP contribution in [0.1, 0.15) is 18.9 Å². The zero-order valence-electron chi connectivity index (χ0n) is 14.4. The van der Waals surface area contributed by atoms with Crippen molar-refractivity contribution in [3.63, 3.8) is 0 Å². The first-order valence-electron chi connectivity index (χ1n) is 7.85. The molecular formula is C17H21BrN2O4S. The Morgan fingerprint density at radius 1 is 1.28 bits per heavy atom. The fourth-order valence-corrected chi connectivity index (χ4v) is 3.10. The third-order valence-electron chi connectivity index (χ3n) is 3.64. The second-order valence-corrected chi connectivity index (χ2v) is 6.47. The maximum Gasteiger partial charge on any atom is 0.276 e. The molecule has 6 nitrogen and oxygen atoms in total. The summed E-state index contributed by atoms with van der Waals surface area (Å²) in [6.45, 7) is 3.72. The average molecular weight is 429 g/mol. The van der Waals surface area contributed by atoms with Gasteiger partial charge >= 0.3 is 0 Å². The van der Waals surface area contributed by atoms with Crippen LogP contribution in [-0.2, 0) is 9.53 Å². The minimum absolute atomic E-state index is 0.150. The Balaban J connectivity index is 2.19. The zero-order valence-corrected chi connectivity index (χ0v) is 16.8. The molecule has 0 spiro atoms. The van der Waals surface area contributed by atoms with Crippen LogP contribution in [0.5, 0.6) is 11.5 Å². The van der Waals surface area contributed by atoms with Crippen LogP contribution in [0.4, 0.5) is 0 Å². The van der Waals surface area contributed by atoms with Gasteiger partial charge in [0.2, 0.25) is 0 Å². The highest BCUT2D eigenvalue weighted by atomic mass is 79.9. The number of carbonyl (C=O) groups excluding carboxylic acids is 1. The van der Waals surface area contributed by atoms with Gasteiger partial charge in [-0.3, -0.25) is 9.69 Å². The molecule has 1 saturated heterocycles. The molecule has 1 aliphatic rings. The standard InChI is InChI=1S/C17H21BrN2O4S/c1-4-24-7-5-6-20-16(21)13(19-17(20)25)8-11-9-14(22-2)15(23-3)10-12(11)18/h8-10H,4-7H2,1-3H3,(H,19,25)/b13-8+. The number of rotatable bonds is 8. The van der Waals surface area contributed by atoms with Crippen LogP contribution >= 0.6 is 28.1 Å². The third kappa shape index (κ3) is 4.71. The van der Waals surface area contributed by atoms with Gasteiger partial charge in [-0.2, -0.15) is 0 Å². The number of halogens is 1. The maximum atomic E-state index is 12.6. The fourth-order valence-electron chi connectivity index (χ4n) is 2.38. The van der Waals surface area contributed by atoms with Crippen LogP contribution in [0.15, 0.2) is 22.3 Å². The smallest absolute Gasteiger partial charge is 0.276 e. The van der Waals surface area contributed by atoms with E-state index >= 15 is 0 Å². The Kier molecular flexibility index (Phi) is 7.22. The Bertz CT molecular complexity index is 693. The number of thiocarbonyl (C=S) groups is 1. The maximum absolute atomic E-state index is 12.6. The summed E-state index contributed by atoms with van der Waals surface area (Å²) in [6.07, 6.45) is 2.47. The number of methoxy groups -OCH3 is 2. The number of nitrogens with zero attached hydrogens (tertiary/aromatic N) is 1. The summed E-state index contributed by atoms with van der Waals surface area (Å²) in [5.74, 6) is 1.04. The number of nitrogens with one attached hydrogen (secondary N) is 1. The van der Waals surface area contributed by atoms with E-state index < -0.39 is 0 Å². The van der Waals surface area contributed by atoms with Gasteiger partial charge in [-0.1, -0.05) is 15.9 Å². The van der Waals surface area contributed by atoms with Crippen LogP contribution in [0.3, 0.4) is 0 Å². The van der Waals surface area contributed by atoms with E-state index in [1.54, 1.807) is 37.3 Å². The van der Waals surface area contributed by atoms with Crippen molar-refractivity contribution in [3.05, 3.63) is 27.9 Å². The van der Waals surface area contributed by atoms with Gasteiger partial charge in [0, 0.05) is 24.2 Å². The number of carbonyl (C=O) groups is 1. The molecule has 0 aromatic heterocycles. The summed E-state index contributed by atoms with van der Waals surface area (Å²) in [4.78, 5) is 14.1. The molecule has 136 valence electrons. The Labute approximate surface area is 161 Å². The van der Waals surface area contributed by atoms with Crippen molar-refractivity contribution in [2.45, 2.75) is 13.3 Å². The topological polar surface area (TPSA) is 60.0 Å². The molecule has 0 unspecified atom stereocenters. The molecule has 1 amide bonds. The highest BCUT2D eigenvalue weighted by Crippen LogP contribution is 2.34. The summed E-state index contributed by atoms with van der Waals surface area (Å²) in [6, 6.07) is 3.59. The van der Waals surface area contributed by atoms with Crippen molar-refractivity contribution in [3.8, 4) is 11.5 Å². The third-order valence-corrected chi connectivity index (χ3v) is 4.65. The van der Waals surface area contributed by atoms with Gasteiger partial charge in [0.25, 0.3) is 5.91 Å². The van der Waals surface area contributed by atoms with Crippen molar-refractivity contribution in [1.82, 2.24) is 10.2 Å². The van der Waals surface area contributed by atoms with Gasteiger partial charge in [-0.15, -0.1) is 0 Å². The number of hydrogen-bond acceptors (Lipinski definition) is 5. The number of benzene rings is 1. The van der Waals surface area contributed by atoms with Crippen LogP contribution < -0.4 is 14.8 Å². The predicted molar refractivity (Wildman–Crippen MR) is 104 cm³/mol. The predicted octanol–water partition coefficient (Wildman–Crippen LogP) is 2.95. The summed E-state index contributed by atoms with van der Waals surface area (Å²) < 4.78 is 16.7. The summed E-state index contributed by atoms with van der Waals surface area (Å²) in [5.41, 5.74) is 1.21. The Hall–Kier alpha value is -1.64. The van der Waals surface area contributed by atoms with Crippen LogP contribution in [0.25, 0.3) is 6.08 Å². The van der Waals surface area contributed by atoms with Gasteiger partial charge in [-0.05, 0) is 49.3 Å². The van der Waals surface area contributed by atoms with E-state index in [1.165, 1.54) is 0 Å². The largest absolute Gasteiger partial charge is 0.493 e. The second-order valence-electron chi connectivity index (χ2n) is 5.22. The molecule has 0 radical (unpaired) electrons. The van der Waals surface area contributed by atoms with E-state index in [0.717, 1.165) is 16.5 Å². The van der Waals surface area contributed by atoms with Crippen LogP contribution in [-0.4, -0.2) is 49.9 Å². The van der Waals surface area contributed by atoms with E-state index in [9.17, 15) is 4.79 Å². The van der Waals surface area contributed by atoms with Crippen molar-refractivity contribution in [1.29, 1.82) is 0 Å². The molecule has 0 atom stereocenters. The van der Waals surface area contributed by atoms with Gasteiger partial charge < -0.3 is 19.5 Å². The SMILES string of the molecule is CCOCCCN1C(=O)/C(=C\c2cc(OC)c(OC)cc2Br)NC1=S. The van der Waals surface area contributed by atoms with E-state index in [4.69, 9.17) is 26.4 Å². The van der Waals surface area contributed by atoms with E-state index in [2.05, 4.69) is 21.2 Å². The van der Waals surface area contributed by atoms with Gasteiger partial charge in [0.1, 0.15) is 5.70 Å². The van der Waals surface area contributed by atoms with Crippen LogP contribution in [0.2, 0.25) is 0 Å². The van der Waals surface area contributed by atoms with Crippen molar-refractivity contribution in [2.24, 2.45) is 0 Å². The van der Waals surface area contributed by atoms with Gasteiger partial charge in [0.15, 0.2) is 16.6 Å². The molecular weight excluding hydrogens is 408 g/mol. The molecule has 1 heterocycles. The molecule has 25 heavy (non-hydrogen) atoms. The molecule has 1 fully saturated rings. The van der Waals surface area contributed by atoms with Crippen molar-refractivity contribution < 1.29 is 19.0 Å². The van der Waals surface area contributed by atoms with Gasteiger partial charge in [-0.25, -0.2) is 0 Å². The highest BCUT2D eigenvalue weighted by Gasteiger charge is 2.30. The van der Waals surface area contributed by atoms with E-state index in [0.29, 0.717) is 42.1 Å². The molecule has 0 saturated carbocycles. The first kappa shape index (κ1) is 19.7. The molecule has 0 bridgehead atoms. The quantitative estimate of drug-likeness (QED) is 0.390. The van der Waals surface area contributed by atoms with Crippen molar-refractivity contribution >= 4 is 45.2 Å². The monoisotopic (exact) mass is 428 g/mol. The molecule has 2 rings (SSSR count). The lowest BCUT2D eigenvalue weighted by molar-refractivity contribution is -0.122. The number of amides is 1. The molecule has 1 N–H and O–H groups in total. The molecule has 1 aromatic carbocycles. The summed E-state index contributed by atoms with van der Waals surface area (Å²) >= 11 is 8.75. The summed E-state index contributed by atoms with van der Waals surface area (Å²) in [7, 11) is 3.14. The van der Waals surface area contributed by atoms with E-state index in [-0.39, 0.29) is 5.91 Å². The summed E-state index contributed by atoms with van der Waals surface area (Å²) in [5, 5.41) is 3.38. The second kappa shape index (κ2) is 9.17. The lowest BCUT2D eigenvalue weighted by Gasteiger charge is -2.13. The first-order valence-corrected chi connectivity index (χ1v) is 9.05. The normalized spacial score (nSPS) is 15.7. The zero-order chi connectivity index (χ0) is 18.4. The molecule has 8 heteroatoms. The minimum atomic E-state index is -0.150. The highest BCUT2D eigenvalue weighted by molar-refractivity contribution is 9.10. The average Bonchev–Trinajstić information content (AvgIpc) is 2.87. The molecule has 1 aliphatic heterocycles. The Morgan fingerprint density at radius 2 is 1.96 bits per heavy atom. The van der Waals surface area contributed by atoms with E-state index in [1.807, 2.05) is 6.92 Å². The lowest BCUT2D eigenvalue weighted by atomic mass is 10.1. The van der Waals surface area contributed by atoms with Gasteiger partial charge in [0.05, 0.1) is 14.2 Å². The van der Waals surface area contributed by atoms with Crippen molar-refractivity contribution in [2.75, 3.05) is 34.0 Å². The molecule has 1 aromatic rings. The number of ether oxygens (including phenoxy) is 3. The first-order chi connectivity index (χ1) is 12.0. The molecule has 0 aliphatic carbocycles. The number of hydrogen-bond donors (Lipinski definition) is 1.